The molecule has 1 amide bonds. The number of fused-ring (bicyclic) bond motifs is 2. The van der Waals surface area contributed by atoms with Crippen LogP contribution in [0.15, 0.2) is 24.3 Å². The van der Waals surface area contributed by atoms with Crippen molar-refractivity contribution in [1.82, 2.24) is 5.32 Å². The van der Waals surface area contributed by atoms with Crippen molar-refractivity contribution in [3.05, 3.63) is 29.8 Å². The molecule has 0 radical (unpaired) electrons. The molecule has 1 atom stereocenters. The Hall–Kier alpha value is -1.35. The topological polar surface area (TPSA) is 41.1 Å². The zero-order valence-corrected chi connectivity index (χ0v) is 9.63. The summed E-state index contributed by atoms with van der Waals surface area (Å²) in [7, 11) is 0. The molecule has 0 aliphatic carbocycles. The monoisotopic (exact) mass is 216 g/mol. The van der Waals surface area contributed by atoms with Crippen LogP contribution in [0.2, 0.25) is 0 Å². The van der Waals surface area contributed by atoms with Crippen LogP contribution in [0.25, 0.3) is 0 Å². The number of carbonyl (C=O) groups is 1. The first-order valence-electron chi connectivity index (χ1n) is 5.74. The van der Waals surface area contributed by atoms with Gasteiger partial charge in [-0.3, -0.25) is 4.79 Å². The lowest BCUT2D eigenvalue weighted by atomic mass is 9.68. The zero-order valence-electron chi connectivity index (χ0n) is 9.63. The number of para-hydroxylation sites is 1. The highest BCUT2D eigenvalue weighted by molar-refractivity contribution is 6.07. The molecule has 1 aromatic carbocycles. The van der Waals surface area contributed by atoms with E-state index in [-0.39, 0.29) is 16.9 Å². The number of nitrogens with one attached hydrogen (secondary N) is 2. The smallest absolute Gasteiger partial charge is 0.237 e. The second-order valence-corrected chi connectivity index (χ2v) is 5.21. The summed E-state index contributed by atoms with van der Waals surface area (Å²) in [6.07, 6.45) is 0.878. The van der Waals surface area contributed by atoms with Gasteiger partial charge in [0, 0.05) is 11.2 Å². The summed E-state index contributed by atoms with van der Waals surface area (Å²) in [6.45, 7) is 5.12. The molecule has 1 fully saturated rings. The largest absolute Gasteiger partial charge is 0.325 e. The van der Waals surface area contributed by atoms with Crippen molar-refractivity contribution in [2.75, 3.05) is 11.9 Å². The quantitative estimate of drug-likeness (QED) is 0.692. The third-order valence-electron chi connectivity index (χ3n) is 4.16. The van der Waals surface area contributed by atoms with Gasteiger partial charge in [-0.25, -0.2) is 0 Å². The fraction of sp³-hybridized carbons (Fsp3) is 0.462. The van der Waals surface area contributed by atoms with E-state index in [4.69, 9.17) is 0 Å². The van der Waals surface area contributed by atoms with E-state index >= 15 is 0 Å². The summed E-state index contributed by atoms with van der Waals surface area (Å²) in [6, 6.07) is 8.03. The first kappa shape index (κ1) is 9.85. The predicted molar refractivity (Wildman–Crippen MR) is 63.4 cm³/mol. The number of hydrogen-bond donors (Lipinski definition) is 2. The van der Waals surface area contributed by atoms with Crippen molar-refractivity contribution >= 4 is 11.6 Å². The maximum Gasteiger partial charge on any atom is 0.237 e. The van der Waals surface area contributed by atoms with Crippen LogP contribution in [0, 0.1) is 0 Å². The number of hydrogen-bond acceptors (Lipinski definition) is 2. The number of benzene rings is 1. The van der Waals surface area contributed by atoms with Crippen molar-refractivity contribution in [1.29, 1.82) is 0 Å². The molecule has 0 saturated carbocycles. The van der Waals surface area contributed by atoms with Crippen LogP contribution < -0.4 is 10.6 Å². The van der Waals surface area contributed by atoms with Crippen LogP contribution in [0.5, 0.6) is 0 Å². The molecule has 84 valence electrons. The third kappa shape index (κ3) is 0.944. The molecule has 3 rings (SSSR count). The van der Waals surface area contributed by atoms with Gasteiger partial charge in [-0.05, 0) is 38.4 Å². The molecule has 2 aliphatic rings. The Balaban J connectivity index is 2.25. The Bertz CT molecular complexity index is 467. The minimum absolute atomic E-state index is 0.142. The highest BCUT2D eigenvalue weighted by Gasteiger charge is 2.58. The van der Waals surface area contributed by atoms with Gasteiger partial charge in [0.1, 0.15) is 0 Å². The molecule has 1 spiro atoms. The molecule has 3 nitrogen and oxygen atoms in total. The third-order valence-corrected chi connectivity index (χ3v) is 4.16. The molecule has 2 heterocycles. The molecule has 1 unspecified atom stereocenters. The Labute approximate surface area is 95.2 Å². The van der Waals surface area contributed by atoms with Crippen molar-refractivity contribution in [3.8, 4) is 0 Å². The van der Waals surface area contributed by atoms with Gasteiger partial charge in [0.25, 0.3) is 0 Å². The Kier molecular flexibility index (Phi) is 1.76. The highest BCUT2D eigenvalue weighted by atomic mass is 16.2. The molecule has 2 aliphatic heterocycles. The molecule has 3 heteroatoms. The maximum absolute atomic E-state index is 12.3. The Morgan fingerprint density at radius 2 is 2.00 bits per heavy atom. The summed E-state index contributed by atoms with van der Waals surface area (Å²) in [5.74, 6) is 0.142. The van der Waals surface area contributed by atoms with E-state index in [1.807, 2.05) is 18.2 Å². The molecular formula is C13H16N2O. The van der Waals surface area contributed by atoms with Crippen molar-refractivity contribution in [2.45, 2.75) is 31.2 Å². The van der Waals surface area contributed by atoms with Crippen LogP contribution in [-0.2, 0) is 10.2 Å². The maximum atomic E-state index is 12.3. The highest BCUT2D eigenvalue weighted by Crippen LogP contribution is 2.49. The molecule has 1 saturated heterocycles. The molecule has 0 bridgehead atoms. The first-order chi connectivity index (χ1) is 7.58. The van der Waals surface area contributed by atoms with E-state index in [1.165, 1.54) is 0 Å². The average molecular weight is 216 g/mol. The number of rotatable bonds is 0. The van der Waals surface area contributed by atoms with E-state index < -0.39 is 0 Å². The second kappa shape index (κ2) is 2.86. The zero-order chi connectivity index (χ0) is 11.4. The average Bonchev–Trinajstić information content (AvgIpc) is 2.69. The van der Waals surface area contributed by atoms with Gasteiger partial charge in [-0.1, -0.05) is 18.2 Å². The van der Waals surface area contributed by atoms with Gasteiger partial charge in [-0.15, -0.1) is 0 Å². The minimum Gasteiger partial charge on any atom is -0.325 e. The fourth-order valence-corrected chi connectivity index (χ4v) is 3.21. The van der Waals surface area contributed by atoms with Crippen LogP contribution in [-0.4, -0.2) is 18.0 Å². The van der Waals surface area contributed by atoms with Gasteiger partial charge in [-0.2, -0.15) is 0 Å². The van der Waals surface area contributed by atoms with E-state index in [0.717, 1.165) is 24.2 Å². The lowest BCUT2D eigenvalue weighted by Crippen LogP contribution is -2.53. The summed E-state index contributed by atoms with van der Waals surface area (Å²) >= 11 is 0. The standard InChI is InChI=1S/C13H16N2O/c1-12(2)13(7-8-14-12)9-5-3-4-6-10(9)15-11(13)16/h3-6,14H,7-8H2,1-2H3,(H,15,16). The lowest BCUT2D eigenvalue weighted by molar-refractivity contribution is -0.122. The fourth-order valence-electron chi connectivity index (χ4n) is 3.21. The summed E-state index contributed by atoms with van der Waals surface area (Å²) in [5.41, 5.74) is 1.56. The molecule has 16 heavy (non-hydrogen) atoms. The van der Waals surface area contributed by atoms with Crippen LogP contribution in [0.1, 0.15) is 25.8 Å². The van der Waals surface area contributed by atoms with Crippen LogP contribution >= 0.6 is 0 Å². The van der Waals surface area contributed by atoms with Crippen molar-refractivity contribution < 1.29 is 4.79 Å². The van der Waals surface area contributed by atoms with Crippen LogP contribution in [0.3, 0.4) is 0 Å². The van der Waals surface area contributed by atoms with Gasteiger partial charge in [0.05, 0.1) is 5.41 Å². The molecule has 2 N–H and O–H groups in total. The normalized spacial score (nSPS) is 30.5. The van der Waals surface area contributed by atoms with Crippen LogP contribution in [0.4, 0.5) is 5.69 Å². The molecular weight excluding hydrogens is 200 g/mol. The van der Waals surface area contributed by atoms with E-state index in [2.05, 4.69) is 30.5 Å². The lowest BCUT2D eigenvalue weighted by Gasteiger charge is -2.36. The predicted octanol–water partition coefficient (Wildman–Crippen LogP) is 1.65. The summed E-state index contributed by atoms with van der Waals surface area (Å²) in [4.78, 5) is 12.3. The molecule has 1 aromatic rings. The van der Waals surface area contributed by atoms with E-state index in [1.54, 1.807) is 0 Å². The van der Waals surface area contributed by atoms with E-state index in [0.29, 0.717) is 0 Å². The van der Waals surface area contributed by atoms with Crippen molar-refractivity contribution in [2.24, 2.45) is 0 Å². The Morgan fingerprint density at radius 3 is 2.69 bits per heavy atom. The van der Waals surface area contributed by atoms with Crippen molar-refractivity contribution in [3.63, 3.8) is 0 Å². The Morgan fingerprint density at radius 1 is 1.25 bits per heavy atom. The number of anilines is 1. The number of amides is 1. The first-order valence-corrected chi connectivity index (χ1v) is 5.74. The summed E-state index contributed by atoms with van der Waals surface area (Å²) in [5, 5.41) is 6.45. The molecule has 0 aromatic heterocycles. The van der Waals surface area contributed by atoms with E-state index in [9.17, 15) is 4.79 Å². The van der Waals surface area contributed by atoms with Gasteiger partial charge < -0.3 is 10.6 Å². The van der Waals surface area contributed by atoms with Gasteiger partial charge in [0.2, 0.25) is 5.91 Å². The summed E-state index contributed by atoms with van der Waals surface area (Å²) < 4.78 is 0. The minimum atomic E-state index is -0.385. The van der Waals surface area contributed by atoms with Gasteiger partial charge >= 0.3 is 0 Å². The number of carbonyl (C=O) groups excluding carboxylic acids is 1. The second-order valence-electron chi connectivity index (χ2n) is 5.21. The SMILES string of the molecule is CC1(C)NCCC12C(=O)Nc1ccccc12. The van der Waals surface area contributed by atoms with Gasteiger partial charge in [0.15, 0.2) is 0 Å².